The maximum atomic E-state index is 13.4. The molecule has 0 saturated heterocycles. The fourth-order valence-corrected chi connectivity index (χ4v) is 4.68. The Labute approximate surface area is 126 Å². The van der Waals surface area contributed by atoms with Crippen LogP contribution in [-0.4, -0.2) is 31.8 Å². The van der Waals surface area contributed by atoms with Gasteiger partial charge in [0, 0.05) is 17.7 Å². The van der Waals surface area contributed by atoms with Crippen molar-refractivity contribution in [3.05, 3.63) is 60.7 Å². The van der Waals surface area contributed by atoms with E-state index in [2.05, 4.69) is 0 Å². The molecule has 0 aliphatic rings. The van der Waals surface area contributed by atoms with Gasteiger partial charge in [0.1, 0.15) is 5.85 Å². The van der Waals surface area contributed by atoms with E-state index in [9.17, 15) is 4.57 Å². The molecule has 2 aromatic rings. The van der Waals surface area contributed by atoms with Gasteiger partial charge in [-0.05, 0) is 6.92 Å². The first kappa shape index (κ1) is 16.3. The van der Waals surface area contributed by atoms with Crippen LogP contribution in [0.5, 0.6) is 0 Å². The molecule has 0 heterocycles. The van der Waals surface area contributed by atoms with Gasteiger partial charge in [-0.3, -0.25) is 0 Å². The van der Waals surface area contributed by atoms with Crippen LogP contribution in [-0.2, 0) is 9.30 Å². The van der Waals surface area contributed by atoms with E-state index in [1.165, 1.54) is 0 Å². The van der Waals surface area contributed by atoms with E-state index >= 15 is 0 Å². The van der Waals surface area contributed by atoms with E-state index in [4.69, 9.17) is 4.74 Å². The Balaban J connectivity index is 0.00000180. The van der Waals surface area contributed by atoms with Gasteiger partial charge in [-0.25, -0.2) is 0 Å². The third-order valence-corrected chi connectivity index (χ3v) is 6.50. The average Bonchev–Trinajstić information content (AvgIpc) is 2.47. The third-order valence-electron chi connectivity index (χ3n) is 3.13. The Bertz CT molecular complexity index is 499. The number of hydrogen-bond acceptors (Lipinski definition) is 2. The molecular weight excluding hydrogens is 250 g/mol. The van der Waals surface area contributed by atoms with Crippen LogP contribution in [0.25, 0.3) is 0 Å². The van der Waals surface area contributed by atoms with Gasteiger partial charge in [-0.15, -0.1) is 0 Å². The molecule has 0 bridgehead atoms. The Morgan fingerprint density at radius 3 is 1.58 bits per heavy atom. The summed E-state index contributed by atoms with van der Waals surface area (Å²) < 4.78 is 18.8. The van der Waals surface area contributed by atoms with Crippen molar-refractivity contribution in [2.45, 2.75) is 12.8 Å². The second-order valence-electron chi connectivity index (χ2n) is 4.16. The van der Waals surface area contributed by atoms with Crippen LogP contribution < -0.4 is 10.6 Å². The van der Waals surface area contributed by atoms with Crippen LogP contribution in [0, 0.1) is 0 Å². The molecule has 0 amide bonds. The zero-order chi connectivity index (χ0) is 13.0. The molecule has 0 saturated carbocycles. The first-order valence-electron chi connectivity index (χ1n) is 5.93. The second kappa shape index (κ2) is 7.13. The third kappa shape index (κ3) is 3.22. The molecule has 2 rings (SSSR count). The monoisotopic (exact) mass is 268 g/mol. The topological polar surface area (TPSA) is 26.3 Å². The molecule has 2 aromatic carbocycles. The number of benzene rings is 2. The Kier molecular flexibility index (Phi) is 6.11. The Hall–Kier alpha value is -0.773. The summed E-state index contributed by atoms with van der Waals surface area (Å²) in [6, 6.07) is 19.1. The maximum absolute atomic E-state index is 13.4. The van der Waals surface area contributed by atoms with E-state index in [1.54, 1.807) is 7.11 Å². The van der Waals surface area contributed by atoms with Crippen LogP contribution in [0.15, 0.2) is 60.7 Å². The van der Waals surface area contributed by atoms with E-state index in [1.807, 2.05) is 67.6 Å². The van der Waals surface area contributed by atoms with E-state index < -0.39 is 7.14 Å². The van der Waals surface area contributed by atoms with E-state index in [0.717, 1.165) is 10.6 Å². The van der Waals surface area contributed by atoms with Gasteiger partial charge in [0.05, 0.1) is 0 Å². The van der Waals surface area contributed by atoms with Crippen LogP contribution >= 0.6 is 7.14 Å². The van der Waals surface area contributed by atoms with Gasteiger partial charge in [0.15, 0.2) is 7.14 Å². The van der Waals surface area contributed by atoms with Gasteiger partial charge in [-0.2, -0.15) is 0 Å². The van der Waals surface area contributed by atoms with Crippen LogP contribution in [0.1, 0.15) is 6.92 Å². The molecule has 0 fully saturated rings. The van der Waals surface area contributed by atoms with Crippen molar-refractivity contribution in [1.82, 2.24) is 0 Å². The van der Waals surface area contributed by atoms with Gasteiger partial charge < -0.3 is 9.30 Å². The summed E-state index contributed by atoms with van der Waals surface area (Å²) in [7, 11) is -1.14. The van der Waals surface area contributed by atoms with E-state index in [0.29, 0.717) is 0 Å². The zero-order valence-electron chi connectivity index (χ0n) is 10.6. The number of rotatable bonds is 4. The fraction of sp³-hybridized carbons (Fsp3) is 0.200. The molecule has 0 spiro atoms. The molecule has 0 aliphatic carbocycles. The predicted octanol–water partition coefficient (Wildman–Crippen LogP) is 2.34. The van der Waals surface area contributed by atoms with Crippen molar-refractivity contribution in [1.29, 1.82) is 0 Å². The van der Waals surface area contributed by atoms with Crippen molar-refractivity contribution in [3.8, 4) is 0 Å². The molecule has 0 radical (unpaired) electrons. The zero-order valence-corrected chi connectivity index (χ0v) is 11.5. The standard InChI is InChI=1S/C15H17O2P.Li.H/c1-13(17-2)18(16,14-9-5-3-6-10-14)15-11-7-4-8-12-15;;/h3-13H,1-2H3;;. The number of hydrogen-bond donors (Lipinski definition) is 0. The summed E-state index contributed by atoms with van der Waals surface area (Å²) in [6.45, 7) is 1.86. The summed E-state index contributed by atoms with van der Waals surface area (Å²) in [6.07, 6.45) is 0. The number of methoxy groups -OCH3 is 1. The molecule has 1 unspecified atom stereocenters. The van der Waals surface area contributed by atoms with E-state index in [-0.39, 0.29) is 24.7 Å². The number of ether oxygens (including phenoxy) is 1. The van der Waals surface area contributed by atoms with Gasteiger partial charge in [0.25, 0.3) is 0 Å². The molecule has 0 aromatic heterocycles. The summed E-state index contributed by atoms with van der Waals surface area (Å²) in [5.74, 6) is -0.331. The molecule has 2 nitrogen and oxygen atoms in total. The molecule has 4 heteroatoms. The molecule has 96 valence electrons. The molecule has 0 aliphatic heterocycles. The first-order valence-corrected chi connectivity index (χ1v) is 7.71. The van der Waals surface area contributed by atoms with Crippen molar-refractivity contribution in [2.24, 2.45) is 0 Å². The Morgan fingerprint density at radius 1 is 0.895 bits per heavy atom. The molecule has 19 heavy (non-hydrogen) atoms. The summed E-state index contributed by atoms with van der Waals surface area (Å²) in [4.78, 5) is 0. The second-order valence-corrected chi connectivity index (χ2v) is 7.24. The summed E-state index contributed by atoms with van der Waals surface area (Å²) >= 11 is 0. The van der Waals surface area contributed by atoms with Gasteiger partial charge >= 0.3 is 18.9 Å². The van der Waals surface area contributed by atoms with Crippen molar-refractivity contribution in [3.63, 3.8) is 0 Å². The Morgan fingerprint density at radius 2 is 1.26 bits per heavy atom. The normalized spacial score (nSPS) is 12.5. The van der Waals surface area contributed by atoms with Crippen molar-refractivity contribution < 1.29 is 9.30 Å². The molecular formula is C15H18LiO2P. The first-order chi connectivity index (χ1) is 8.69. The predicted molar refractivity (Wildman–Crippen MR) is 83.4 cm³/mol. The van der Waals surface area contributed by atoms with Gasteiger partial charge in [-0.1, -0.05) is 60.7 Å². The average molecular weight is 268 g/mol. The van der Waals surface area contributed by atoms with Crippen LogP contribution in [0.3, 0.4) is 0 Å². The van der Waals surface area contributed by atoms with Crippen molar-refractivity contribution >= 4 is 36.6 Å². The minimum absolute atomic E-state index is 0. The molecule has 1 atom stereocenters. The van der Waals surface area contributed by atoms with Crippen LogP contribution in [0.2, 0.25) is 0 Å². The molecule has 0 N–H and O–H groups in total. The van der Waals surface area contributed by atoms with Crippen LogP contribution in [0.4, 0.5) is 0 Å². The minimum atomic E-state index is -2.74. The quantitative estimate of drug-likeness (QED) is 0.628. The van der Waals surface area contributed by atoms with Gasteiger partial charge in [0.2, 0.25) is 0 Å². The fourth-order valence-electron chi connectivity index (χ4n) is 2.02. The van der Waals surface area contributed by atoms with Crippen molar-refractivity contribution in [2.75, 3.05) is 7.11 Å². The summed E-state index contributed by atoms with van der Waals surface area (Å²) in [5, 5.41) is 1.68. The SMILES string of the molecule is COC(C)P(=O)(c1ccccc1)c1ccccc1.[LiH]. The summed E-state index contributed by atoms with van der Waals surface area (Å²) in [5.41, 5.74) is 0.